The number of nitrogens with zero attached hydrogens (tertiary/aromatic N) is 4. The first-order valence-corrected chi connectivity index (χ1v) is 9.40. The Kier molecular flexibility index (Phi) is 4.80. The number of amides is 1. The van der Waals surface area contributed by atoms with Gasteiger partial charge in [-0.3, -0.25) is 14.4 Å². The molecule has 3 aliphatic rings. The monoisotopic (exact) mass is 348 g/mol. The minimum absolute atomic E-state index is 0.0511. The van der Waals surface area contributed by atoms with Crippen LogP contribution in [0.3, 0.4) is 0 Å². The Morgan fingerprint density at radius 2 is 1.96 bits per heavy atom. The molecule has 0 radical (unpaired) electrons. The zero-order valence-corrected chi connectivity index (χ0v) is 15.0. The highest BCUT2D eigenvalue weighted by molar-refractivity contribution is 5.92. The van der Waals surface area contributed by atoms with Crippen LogP contribution in [0.2, 0.25) is 0 Å². The van der Waals surface area contributed by atoms with Crippen LogP contribution in [0.5, 0.6) is 0 Å². The summed E-state index contributed by atoms with van der Waals surface area (Å²) in [7, 11) is 1.82. The summed E-state index contributed by atoms with van der Waals surface area (Å²) in [4.78, 5) is 17.2. The molecule has 7 heteroatoms. The molecule has 25 heavy (non-hydrogen) atoms. The quantitative estimate of drug-likeness (QED) is 0.795. The third kappa shape index (κ3) is 3.45. The van der Waals surface area contributed by atoms with E-state index in [9.17, 15) is 4.79 Å². The van der Waals surface area contributed by atoms with Crippen LogP contribution in [-0.4, -0.2) is 83.1 Å². The lowest BCUT2D eigenvalue weighted by molar-refractivity contribution is -0.136. The van der Waals surface area contributed by atoms with Gasteiger partial charge in [0.2, 0.25) is 0 Å². The normalized spacial score (nSPS) is 27.6. The summed E-state index contributed by atoms with van der Waals surface area (Å²) in [6.45, 7) is 6.11. The first-order valence-electron chi connectivity index (χ1n) is 9.40. The first-order chi connectivity index (χ1) is 12.2. The van der Waals surface area contributed by atoms with Crippen LogP contribution >= 0.6 is 0 Å². The number of carbonyl (C=O) groups is 1. The number of rotatable bonds is 2. The van der Waals surface area contributed by atoms with Crippen molar-refractivity contribution in [3.63, 3.8) is 0 Å². The summed E-state index contributed by atoms with van der Waals surface area (Å²) in [5.41, 5.74) is 0.608. The molecule has 1 atom stereocenters. The summed E-state index contributed by atoms with van der Waals surface area (Å²) in [5.74, 6) is 0.0791. The number of hydrogen-bond donors (Lipinski definition) is 0. The second kappa shape index (κ2) is 7.05. The summed E-state index contributed by atoms with van der Waals surface area (Å²) in [5, 5.41) is 4.11. The van der Waals surface area contributed by atoms with E-state index < -0.39 is 0 Å². The molecule has 1 aromatic rings. The van der Waals surface area contributed by atoms with E-state index in [1.165, 1.54) is 0 Å². The number of hydrogen-bond acceptors (Lipinski definition) is 5. The third-order valence-electron chi connectivity index (χ3n) is 6.03. The van der Waals surface area contributed by atoms with Gasteiger partial charge in [-0.15, -0.1) is 0 Å². The molecule has 1 amide bonds. The molecular weight excluding hydrogens is 320 g/mol. The predicted octanol–water partition coefficient (Wildman–Crippen LogP) is 0.906. The maximum atomic E-state index is 12.7. The van der Waals surface area contributed by atoms with Crippen molar-refractivity contribution < 1.29 is 14.3 Å². The molecule has 1 spiro atoms. The smallest absolute Gasteiger partial charge is 0.272 e. The van der Waals surface area contributed by atoms with E-state index in [0.29, 0.717) is 11.7 Å². The number of aromatic nitrogens is 2. The summed E-state index contributed by atoms with van der Waals surface area (Å²) < 4.78 is 13.4. The zero-order valence-electron chi connectivity index (χ0n) is 15.0. The van der Waals surface area contributed by atoms with Gasteiger partial charge in [0.15, 0.2) is 0 Å². The molecule has 0 bridgehead atoms. The van der Waals surface area contributed by atoms with Crippen LogP contribution in [0.1, 0.15) is 36.2 Å². The van der Waals surface area contributed by atoms with Crippen molar-refractivity contribution >= 4 is 5.91 Å². The molecule has 4 rings (SSSR count). The lowest BCUT2D eigenvalue weighted by atomic mass is 9.81. The molecule has 0 aliphatic carbocycles. The van der Waals surface area contributed by atoms with E-state index in [0.717, 1.165) is 71.7 Å². The standard InChI is InChI=1S/C18H28N4O3/c1-20-16(2-6-19-20)17(23)22-7-4-18(5-8-22)14-15(3-11-25-18)21-9-12-24-13-10-21/h2,6,15H,3-5,7-14H2,1H3. The summed E-state index contributed by atoms with van der Waals surface area (Å²) in [6, 6.07) is 2.38. The van der Waals surface area contributed by atoms with Crippen molar-refractivity contribution in [1.29, 1.82) is 0 Å². The van der Waals surface area contributed by atoms with Gasteiger partial charge in [0, 0.05) is 52.1 Å². The van der Waals surface area contributed by atoms with Gasteiger partial charge in [0.1, 0.15) is 5.69 Å². The Balaban J connectivity index is 1.37. The molecule has 1 unspecified atom stereocenters. The van der Waals surface area contributed by atoms with Crippen LogP contribution < -0.4 is 0 Å². The Bertz CT molecular complexity index is 603. The highest BCUT2D eigenvalue weighted by atomic mass is 16.5. The number of piperidine rings is 1. The SMILES string of the molecule is Cn1nccc1C(=O)N1CCC2(CC1)CC(N1CCOCC1)CCO2. The minimum atomic E-state index is -0.0511. The fourth-order valence-corrected chi connectivity index (χ4v) is 4.47. The summed E-state index contributed by atoms with van der Waals surface area (Å²) >= 11 is 0. The van der Waals surface area contributed by atoms with E-state index in [1.54, 1.807) is 16.9 Å². The fourth-order valence-electron chi connectivity index (χ4n) is 4.47. The molecule has 0 N–H and O–H groups in total. The lowest BCUT2D eigenvalue weighted by Gasteiger charge is -2.49. The van der Waals surface area contributed by atoms with Gasteiger partial charge in [-0.2, -0.15) is 5.10 Å². The average Bonchev–Trinajstić information content (AvgIpc) is 3.09. The van der Waals surface area contributed by atoms with Gasteiger partial charge in [-0.25, -0.2) is 0 Å². The topological polar surface area (TPSA) is 59.8 Å². The van der Waals surface area contributed by atoms with Gasteiger partial charge in [-0.1, -0.05) is 0 Å². The second-order valence-corrected chi connectivity index (χ2v) is 7.46. The number of aryl methyl sites for hydroxylation is 1. The fraction of sp³-hybridized carbons (Fsp3) is 0.778. The third-order valence-corrected chi connectivity index (χ3v) is 6.03. The molecule has 3 saturated heterocycles. The van der Waals surface area contributed by atoms with E-state index in [-0.39, 0.29) is 11.5 Å². The Morgan fingerprint density at radius 3 is 2.64 bits per heavy atom. The van der Waals surface area contributed by atoms with Crippen molar-refractivity contribution in [1.82, 2.24) is 19.6 Å². The van der Waals surface area contributed by atoms with Crippen molar-refractivity contribution in [2.75, 3.05) is 46.0 Å². The maximum Gasteiger partial charge on any atom is 0.272 e. The summed E-state index contributed by atoms with van der Waals surface area (Å²) in [6.07, 6.45) is 5.73. The molecule has 1 aromatic heterocycles. The Labute approximate surface area is 148 Å². The molecular formula is C18H28N4O3. The first kappa shape index (κ1) is 17.0. The largest absolute Gasteiger partial charge is 0.379 e. The van der Waals surface area contributed by atoms with Gasteiger partial charge in [-0.05, 0) is 31.7 Å². The molecule has 0 saturated carbocycles. The number of ether oxygens (including phenoxy) is 2. The molecule has 4 heterocycles. The van der Waals surface area contributed by atoms with E-state index in [4.69, 9.17) is 9.47 Å². The van der Waals surface area contributed by atoms with Crippen molar-refractivity contribution in [2.45, 2.75) is 37.3 Å². The molecule has 3 fully saturated rings. The van der Waals surface area contributed by atoms with E-state index in [1.807, 2.05) is 11.9 Å². The van der Waals surface area contributed by atoms with Crippen LogP contribution in [0, 0.1) is 0 Å². The molecule has 138 valence electrons. The van der Waals surface area contributed by atoms with Crippen molar-refractivity contribution in [2.24, 2.45) is 7.05 Å². The van der Waals surface area contributed by atoms with Crippen molar-refractivity contribution in [3.05, 3.63) is 18.0 Å². The predicted molar refractivity (Wildman–Crippen MR) is 92.4 cm³/mol. The maximum absolute atomic E-state index is 12.7. The number of carbonyl (C=O) groups excluding carboxylic acids is 1. The lowest BCUT2D eigenvalue weighted by Crippen LogP contribution is -2.56. The molecule has 0 aromatic carbocycles. The second-order valence-electron chi connectivity index (χ2n) is 7.46. The van der Waals surface area contributed by atoms with Crippen LogP contribution in [0.25, 0.3) is 0 Å². The van der Waals surface area contributed by atoms with E-state index >= 15 is 0 Å². The van der Waals surface area contributed by atoms with Gasteiger partial charge >= 0.3 is 0 Å². The number of likely N-dealkylation sites (tertiary alicyclic amines) is 1. The highest BCUT2D eigenvalue weighted by Gasteiger charge is 2.42. The van der Waals surface area contributed by atoms with Crippen LogP contribution in [-0.2, 0) is 16.5 Å². The molecule has 7 nitrogen and oxygen atoms in total. The average molecular weight is 348 g/mol. The van der Waals surface area contributed by atoms with Crippen molar-refractivity contribution in [3.8, 4) is 0 Å². The molecule has 3 aliphatic heterocycles. The van der Waals surface area contributed by atoms with Gasteiger partial charge < -0.3 is 14.4 Å². The highest BCUT2D eigenvalue weighted by Crippen LogP contribution is 2.37. The van der Waals surface area contributed by atoms with E-state index in [2.05, 4.69) is 10.00 Å². The number of morpholine rings is 1. The zero-order chi connectivity index (χ0) is 17.3. The Morgan fingerprint density at radius 1 is 1.20 bits per heavy atom. The van der Waals surface area contributed by atoms with Crippen LogP contribution in [0.4, 0.5) is 0 Å². The van der Waals surface area contributed by atoms with Crippen LogP contribution in [0.15, 0.2) is 12.3 Å². The van der Waals surface area contributed by atoms with Gasteiger partial charge in [0.05, 0.1) is 18.8 Å². The van der Waals surface area contributed by atoms with Gasteiger partial charge in [0.25, 0.3) is 5.91 Å². The Hall–Kier alpha value is -1.44. The minimum Gasteiger partial charge on any atom is -0.379 e.